The van der Waals surface area contributed by atoms with Crippen LogP contribution in [-0.2, 0) is 4.79 Å². The number of amides is 2. The van der Waals surface area contributed by atoms with Crippen molar-refractivity contribution in [3.63, 3.8) is 0 Å². The van der Waals surface area contributed by atoms with Gasteiger partial charge in [-0.05, 0) is 50.2 Å². The average molecular weight is 373 g/mol. The number of furan rings is 1. The normalized spacial score (nSPS) is 11.8. The molecular weight excluding hydrogens is 357 g/mol. The summed E-state index contributed by atoms with van der Waals surface area (Å²) in [6.07, 6.45) is 1.38. The third-order valence-corrected chi connectivity index (χ3v) is 4.52. The Morgan fingerprint density at radius 2 is 1.96 bits per heavy atom. The third-order valence-electron chi connectivity index (χ3n) is 3.63. The summed E-state index contributed by atoms with van der Waals surface area (Å²) in [5.41, 5.74) is 1.44. The standard InChI is InChI=1S/C18H16FN3O3S/c1-10(20-17(24)14-4-3-9-25-14)16(23)22-18-21-15(11(2)26-18)12-5-7-13(19)8-6-12/h3-10H,1-2H3,(H,20,24)(H,21,22,23). The molecule has 3 rings (SSSR count). The van der Waals surface area contributed by atoms with Gasteiger partial charge in [-0.3, -0.25) is 9.59 Å². The van der Waals surface area contributed by atoms with Crippen LogP contribution in [0.4, 0.5) is 9.52 Å². The van der Waals surface area contributed by atoms with E-state index in [0.29, 0.717) is 10.8 Å². The van der Waals surface area contributed by atoms with E-state index in [0.717, 1.165) is 10.4 Å². The summed E-state index contributed by atoms with van der Waals surface area (Å²) in [6.45, 7) is 3.44. The van der Waals surface area contributed by atoms with Gasteiger partial charge in [0.05, 0.1) is 12.0 Å². The Labute approximate surface area is 153 Å². The van der Waals surface area contributed by atoms with Crippen molar-refractivity contribution in [1.82, 2.24) is 10.3 Å². The fourth-order valence-electron chi connectivity index (χ4n) is 2.28. The predicted octanol–water partition coefficient (Wildman–Crippen LogP) is 3.61. The Hall–Kier alpha value is -3.00. The van der Waals surface area contributed by atoms with E-state index in [1.54, 1.807) is 25.1 Å². The van der Waals surface area contributed by atoms with Gasteiger partial charge in [-0.2, -0.15) is 0 Å². The fraction of sp³-hybridized carbons (Fsp3) is 0.167. The van der Waals surface area contributed by atoms with Gasteiger partial charge in [0.2, 0.25) is 5.91 Å². The largest absolute Gasteiger partial charge is 0.459 e. The van der Waals surface area contributed by atoms with Crippen LogP contribution >= 0.6 is 11.3 Å². The molecule has 0 spiro atoms. The molecule has 1 aromatic carbocycles. The van der Waals surface area contributed by atoms with E-state index in [2.05, 4.69) is 15.6 Å². The van der Waals surface area contributed by atoms with Gasteiger partial charge in [0.15, 0.2) is 10.9 Å². The molecule has 1 unspecified atom stereocenters. The molecule has 0 saturated heterocycles. The van der Waals surface area contributed by atoms with Crippen LogP contribution in [0, 0.1) is 12.7 Å². The second-order valence-corrected chi connectivity index (χ2v) is 6.80. The van der Waals surface area contributed by atoms with Crippen molar-refractivity contribution in [2.24, 2.45) is 0 Å². The number of benzene rings is 1. The molecule has 0 radical (unpaired) electrons. The first-order valence-corrected chi connectivity index (χ1v) is 8.64. The highest BCUT2D eigenvalue weighted by Crippen LogP contribution is 2.30. The van der Waals surface area contributed by atoms with Crippen molar-refractivity contribution in [3.05, 3.63) is 59.1 Å². The van der Waals surface area contributed by atoms with Crippen LogP contribution in [0.25, 0.3) is 11.3 Å². The zero-order chi connectivity index (χ0) is 18.7. The van der Waals surface area contributed by atoms with Gasteiger partial charge in [0.1, 0.15) is 11.9 Å². The molecule has 0 fully saturated rings. The van der Waals surface area contributed by atoms with Gasteiger partial charge >= 0.3 is 0 Å². The smallest absolute Gasteiger partial charge is 0.287 e. The quantitative estimate of drug-likeness (QED) is 0.716. The lowest BCUT2D eigenvalue weighted by Gasteiger charge is -2.11. The molecule has 0 aliphatic rings. The van der Waals surface area contributed by atoms with E-state index in [4.69, 9.17) is 4.42 Å². The molecule has 1 atom stereocenters. The highest BCUT2D eigenvalue weighted by Gasteiger charge is 2.20. The third kappa shape index (κ3) is 3.97. The van der Waals surface area contributed by atoms with Crippen LogP contribution in [0.2, 0.25) is 0 Å². The molecule has 6 nitrogen and oxygen atoms in total. The maximum absolute atomic E-state index is 13.1. The number of hydrogen-bond acceptors (Lipinski definition) is 5. The van der Waals surface area contributed by atoms with E-state index < -0.39 is 17.9 Å². The number of nitrogens with zero attached hydrogens (tertiary/aromatic N) is 1. The first-order valence-electron chi connectivity index (χ1n) is 7.82. The van der Waals surface area contributed by atoms with Crippen molar-refractivity contribution in [1.29, 1.82) is 0 Å². The maximum Gasteiger partial charge on any atom is 0.287 e. The Balaban J connectivity index is 1.67. The van der Waals surface area contributed by atoms with E-state index in [1.165, 1.54) is 35.8 Å². The second kappa shape index (κ2) is 7.49. The molecule has 0 saturated carbocycles. The van der Waals surface area contributed by atoms with Gasteiger partial charge in [0, 0.05) is 10.4 Å². The number of halogens is 1. The lowest BCUT2D eigenvalue weighted by Crippen LogP contribution is -2.41. The lowest BCUT2D eigenvalue weighted by atomic mass is 10.1. The molecule has 0 bridgehead atoms. The summed E-state index contributed by atoms with van der Waals surface area (Å²) in [7, 11) is 0. The topological polar surface area (TPSA) is 84.2 Å². The number of anilines is 1. The van der Waals surface area contributed by atoms with E-state index in [1.807, 2.05) is 6.92 Å². The lowest BCUT2D eigenvalue weighted by molar-refractivity contribution is -0.117. The van der Waals surface area contributed by atoms with Crippen molar-refractivity contribution < 1.29 is 18.4 Å². The van der Waals surface area contributed by atoms with Crippen LogP contribution in [0.3, 0.4) is 0 Å². The van der Waals surface area contributed by atoms with Crippen molar-refractivity contribution >= 4 is 28.3 Å². The first kappa shape index (κ1) is 17.8. The highest BCUT2D eigenvalue weighted by atomic mass is 32.1. The molecule has 2 heterocycles. The van der Waals surface area contributed by atoms with Gasteiger partial charge in [-0.1, -0.05) is 0 Å². The molecule has 2 aromatic heterocycles. The number of carbonyl (C=O) groups is 2. The summed E-state index contributed by atoms with van der Waals surface area (Å²) < 4.78 is 18.0. The number of hydrogen-bond donors (Lipinski definition) is 2. The van der Waals surface area contributed by atoms with E-state index in [9.17, 15) is 14.0 Å². The SMILES string of the molecule is Cc1sc(NC(=O)C(C)NC(=O)c2ccco2)nc1-c1ccc(F)cc1. The Bertz CT molecular complexity index is 920. The van der Waals surface area contributed by atoms with Crippen molar-refractivity contribution in [3.8, 4) is 11.3 Å². The predicted molar refractivity (Wildman–Crippen MR) is 96.5 cm³/mol. The Kier molecular flexibility index (Phi) is 5.13. The Morgan fingerprint density at radius 3 is 2.62 bits per heavy atom. The molecule has 0 aliphatic heterocycles. The maximum atomic E-state index is 13.1. The average Bonchev–Trinajstić information content (AvgIpc) is 3.25. The van der Waals surface area contributed by atoms with Crippen LogP contribution < -0.4 is 10.6 Å². The molecule has 26 heavy (non-hydrogen) atoms. The number of rotatable bonds is 5. The number of aromatic nitrogens is 1. The Morgan fingerprint density at radius 1 is 1.23 bits per heavy atom. The summed E-state index contributed by atoms with van der Waals surface area (Å²) in [4.78, 5) is 29.5. The number of aryl methyl sites for hydroxylation is 1. The second-order valence-electron chi connectivity index (χ2n) is 5.59. The van der Waals surface area contributed by atoms with E-state index >= 15 is 0 Å². The number of thiazole rings is 1. The number of nitrogens with one attached hydrogen (secondary N) is 2. The summed E-state index contributed by atoms with van der Waals surface area (Å²) in [6, 6.07) is 8.32. The molecule has 2 N–H and O–H groups in total. The van der Waals surface area contributed by atoms with Gasteiger partial charge < -0.3 is 15.1 Å². The van der Waals surface area contributed by atoms with Crippen LogP contribution in [0.15, 0.2) is 47.1 Å². The van der Waals surface area contributed by atoms with Crippen molar-refractivity contribution in [2.45, 2.75) is 19.9 Å². The molecule has 134 valence electrons. The minimum Gasteiger partial charge on any atom is -0.459 e. The summed E-state index contributed by atoms with van der Waals surface area (Å²) >= 11 is 1.31. The minimum atomic E-state index is -0.772. The van der Waals surface area contributed by atoms with Crippen molar-refractivity contribution in [2.75, 3.05) is 5.32 Å². The molecule has 0 aliphatic carbocycles. The summed E-state index contributed by atoms with van der Waals surface area (Å²) in [5, 5.41) is 5.64. The van der Waals surface area contributed by atoms with Crippen LogP contribution in [0.1, 0.15) is 22.4 Å². The monoisotopic (exact) mass is 373 g/mol. The van der Waals surface area contributed by atoms with E-state index in [-0.39, 0.29) is 11.6 Å². The molecule has 8 heteroatoms. The molecule has 3 aromatic rings. The number of carbonyl (C=O) groups excluding carboxylic acids is 2. The summed E-state index contributed by atoms with van der Waals surface area (Å²) in [5.74, 6) is -1.06. The van der Waals surface area contributed by atoms with Crippen LogP contribution in [0.5, 0.6) is 0 Å². The first-order chi connectivity index (χ1) is 12.4. The zero-order valence-corrected chi connectivity index (χ0v) is 14.9. The zero-order valence-electron chi connectivity index (χ0n) is 14.1. The highest BCUT2D eigenvalue weighted by molar-refractivity contribution is 7.16. The molecular formula is C18H16FN3O3S. The van der Waals surface area contributed by atoms with Gasteiger partial charge in [-0.15, -0.1) is 11.3 Å². The van der Waals surface area contributed by atoms with Gasteiger partial charge in [-0.25, -0.2) is 9.37 Å². The van der Waals surface area contributed by atoms with Gasteiger partial charge in [0.25, 0.3) is 5.91 Å². The fourth-order valence-corrected chi connectivity index (χ4v) is 3.12. The minimum absolute atomic E-state index is 0.133. The van der Waals surface area contributed by atoms with Crippen LogP contribution in [-0.4, -0.2) is 22.8 Å². The molecule has 2 amide bonds.